The van der Waals surface area contributed by atoms with Crippen LogP contribution >= 0.6 is 11.3 Å². The van der Waals surface area contributed by atoms with Gasteiger partial charge >= 0.3 is 0 Å². The van der Waals surface area contributed by atoms with Crippen molar-refractivity contribution in [1.29, 1.82) is 0 Å². The molecule has 1 amide bonds. The van der Waals surface area contributed by atoms with E-state index in [0.29, 0.717) is 0 Å². The van der Waals surface area contributed by atoms with Gasteiger partial charge < -0.3 is 5.32 Å². The number of aromatic nitrogens is 2. The highest BCUT2D eigenvalue weighted by molar-refractivity contribution is 7.15. The molecular weight excluding hydrogens is 294 g/mol. The molecule has 1 aliphatic carbocycles. The van der Waals surface area contributed by atoms with Crippen molar-refractivity contribution in [2.75, 3.05) is 0 Å². The minimum atomic E-state index is -0.173. The third kappa shape index (κ3) is 3.35. The fourth-order valence-electron chi connectivity index (χ4n) is 2.69. The van der Waals surface area contributed by atoms with Gasteiger partial charge in [-0.25, -0.2) is 4.98 Å². The Morgan fingerprint density at radius 3 is 2.73 bits per heavy atom. The second-order valence-electron chi connectivity index (χ2n) is 6.80. The van der Waals surface area contributed by atoms with Crippen LogP contribution in [-0.2, 0) is 17.6 Å². The van der Waals surface area contributed by atoms with Crippen LogP contribution < -0.4 is 5.32 Å². The number of amides is 1. The van der Waals surface area contributed by atoms with Gasteiger partial charge in [-0.1, -0.05) is 0 Å². The number of hydrogen-bond donors (Lipinski definition) is 1. The molecule has 1 atom stereocenters. The van der Waals surface area contributed by atoms with Gasteiger partial charge in [0.25, 0.3) is 0 Å². The lowest BCUT2D eigenvalue weighted by atomic mass is 9.89. The van der Waals surface area contributed by atoms with Crippen molar-refractivity contribution in [3.63, 3.8) is 0 Å². The van der Waals surface area contributed by atoms with Crippen LogP contribution in [0.5, 0.6) is 0 Å². The molecule has 1 N–H and O–H groups in total. The third-order valence-corrected chi connectivity index (χ3v) is 4.90. The molecule has 1 aliphatic rings. The number of carbonyl (C=O) groups is 1. The SMILES string of the molecule is CC(C)(C)NC(=O)C1CCc2nc(-c3ccncc3)sc2C1. The van der Waals surface area contributed by atoms with E-state index in [0.717, 1.165) is 35.5 Å². The second kappa shape index (κ2) is 5.80. The van der Waals surface area contributed by atoms with Crippen molar-refractivity contribution in [3.05, 3.63) is 35.1 Å². The minimum absolute atomic E-state index is 0.0671. The summed E-state index contributed by atoms with van der Waals surface area (Å²) in [7, 11) is 0. The van der Waals surface area contributed by atoms with Crippen LogP contribution in [0.15, 0.2) is 24.5 Å². The number of pyridine rings is 1. The summed E-state index contributed by atoms with van der Waals surface area (Å²) >= 11 is 1.71. The second-order valence-corrected chi connectivity index (χ2v) is 7.89. The van der Waals surface area contributed by atoms with Crippen molar-refractivity contribution < 1.29 is 4.79 Å². The summed E-state index contributed by atoms with van der Waals surface area (Å²) in [6, 6.07) is 3.96. The van der Waals surface area contributed by atoms with Gasteiger partial charge in [-0.3, -0.25) is 9.78 Å². The first kappa shape index (κ1) is 15.2. The summed E-state index contributed by atoms with van der Waals surface area (Å²) < 4.78 is 0. The van der Waals surface area contributed by atoms with Crippen LogP contribution in [0.25, 0.3) is 10.6 Å². The molecule has 0 aromatic carbocycles. The largest absolute Gasteiger partial charge is 0.351 e. The Balaban J connectivity index is 1.77. The van der Waals surface area contributed by atoms with Gasteiger partial charge in [0.05, 0.1) is 5.69 Å². The zero-order valence-corrected chi connectivity index (χ0v) is 14.0. The van der Waals surface area contributed by atoms with Crippen molar-refractivity contribution in [3.8, 4) is 10.6 Å². The van der Waals surface area contributed by atoms with Gasteiger partial charge in [-0.05, 0) is 52.2 Å². The molecule has 2 heterocycles. The van der Waals surface area contributed by atoms with E-state index in [1.54, 1.807) is 23.7 Å². The molecule has 5 heteroatoms. The molecule has 1 unspecified atom stereocenters. The van der Waals surface area contributed by atoms with Crippen molar-refractivity contribution in [2.24, 2.45) is 5.92 Å². The summed E-state index contributed by atoms with van der Waals surface area (Å²) in [4.78, 5) is 22.4. The highest BCUT2D eigenvalue weighted by Crippen LogP contribution is 2.34. The van der Waals surface area contributed by atoms with E-state index in [1.165, 1.54) is 4.88 Å². The topological polar surface area (TPSA) is 54.9 Å². The number of aryl methyl sites for hydroxylation is 1. The zero-order chi connectivity index (χ0) is 15.7. The number of thiazole rings is 1. The summed E-state index contributed by atoms with van der Waals surface area (Å²) in [5.41, 5.74) is 2.09. The molecule has 116 valence electrons. The number of nitrogens with one attached hydrogen (secondary N) is 1. The predicted octanol–water partition coefficient (Wildman–Crippen LogP) is 3.22. The molecule has 0 aliphatic heterocycles. The summed E-state index contributed by atoms with van der Waals surface area (Å²) in [6.45, 7) is 6.06. The van der Waals surface area contributed by atoms with Crippen LogP contribution in [0, 0.1) is 5.92 Å². The monoisotopic (exact) mass is 315 g/mol. The van der Waals surface area contributed by atoms with Gasteiger partial charge in [0.2, 0.25) is 5.91 Å². The van der Waals surface area contributed by atoms with Crippen LogP contribution in [0.3, 0.4) is 0 Å². The average molecular weight is 315 g/mol. The van der Waals surface area contributed by atoms with Gasteiger partial charge in [0.1, 0.15) is 5.01 Å². The molecule has 0 saturated heterocycles. The first-order chi connectivity index (χ1) is 10.4. The smallest absolute Gasteiger partial charge is 0.223 e. The third-order valence-electron chi connectivity index (χ3n) is 3.74. The molecule has 0 bridgehead atoms. The van der Waals surface area contributed by atoms with Gasteiger partial charge in [-0.2, -0.15) is 0 Å². The maximum Gasteiger partial charge on any atom is 0.223 e. The van der Waals surface area contributed by atoms with E-state index in [1.807, 2.05) is 32.9 Å². The maximum absolute atomic E-state index is 12.4. The first-order valence-electron chi connectivity index (χ1n) is 7.63. The molecule has 2 aromatic rings. The van der Waals surface area contributed by atoms with E-state index in [9.17, 15) is 4.79 Å². The zero-order valence-electron chi connectivity index (χ0n) is 13.2. The average Bonchev–Trinajstić information content (AvgIpc) is 2.89. The lowest BCUT2D eigenvalue weighted by Gasteiger charge is -2.26. The predicted molar refractivity (Wildman–Crippen MR) is 88.8 cm³/mol. The van der Waals surface area contributed by atoms with E-state index in [2.05, 4.69) is 10.3 Å². The highest BCUT2D eigenvalue weighted by atomic mass is 32.1. The molecule has 0 spiro atoms. The molecule has 0 saturated carbocycles. The molecule has 22 heavy (non-hydrogen) atoms. The lowest BCUT2D eigenvalue weighted by Crippen LogP contribution is -2.45. The van der Waals surface area contributed by atoms with Crippen LogP contribution in [0.4, 0.5) is 0 Å². The maximum atomic E-state index is 12.4. The number of fused-ring (bicyclic) bond motifs is 1. The van der Waals surface area contributed by atoms with Gasteiger partial charge in [-0.15, -0.1) is 11.3 Å². The highest BCUT2D eigenvalue weighted by Gasteiger charge is 2.29. The Kier molecular flexibility index (Phi) is 4.00. The van der Waals surface area contributed by atoms with Crippen molar-refractivity contribution in [2.45, 2.75) is 45.6 Å². The molecule has 0 fully saturated rings. The van der Waals surface area contributed by atoms with E-state index in [4.69, 9.17) is 4.98 Å². The standard InChI is InChI=1S/C17H21N3OS/c1-17(2,3)20-15(21)12-4-5-13-14(10-12)22-16(19-13)11-6-8-18-9-7-11/h6-9,12H,4-5,10H2,1-3H3,(H,20,21). The van der Waals surface area contributed by atoms with Crippen molar-refractivity contribution in [1.82, 2.24) is 15.3 Å². The normalized spacial score (nSPS) is 17.9. The van der Waals surface area contributed by atoms with E-state index < -0.39 is 0 Å². The van der Waals surface area contributed by atoms with E-state index >= 15 is 0 Å². The Labute approximate surface area is 135 Å². The Bertz CT molecular complexity index is 673. The number of hydrogen-bond acceptors (Lipinski definition) is 4. The van der Waals surface area contributed by atoms with Crippen LogP contribution in [0.2, 0.25) is 0 Å². The van der Waals surface area contributed by atoms with Crippen LogP contribution in [-0.4, -0.2) is 21.4 Å². The summed E-state index contributed by atoms with van der Waals surface area (Å²) in [6.07, 6.45) is 6.15. The Hall–Kier alpha value is -1.75. The molecular formula is C17H21N3OS. The molecule has 2 aromatic heterocycles. The quantitative estimate of drug-likeness (QED) is 0.925. The summed E-state index contributed by atoms with van der Waals surface area (Å²) in [5, 5.41) is 4.13. The Morgan fingerprint density at radius 1 is 1.32 bits per heavy atom. The van der Waals surface area contributed by atoms with Gasteiger partial charge in [0, 0.05) is 34.3 Å². The van der Waals surface area contributed by atoms with Gasteiger partial charge in [0.15, 0.2) is 0 Å². The Morgan fingerprint density at radius 2 is 2.05 bits per heavy atom. The summed E-state index contributed by atoms with van der Waals surface area (Å²) in [5.74, 6) is 0.231. The van der Waals surface area contributed by atoms with Crippen molar-refractivity contribution >= 4 is 17.2 Å². The number of carbonyl (C=O) groups excluding carboxylic acids is 1. The number of rotatable bonds is 2. The minimum Gasteiger partial charge on any atom is -0.351 e. The molecule has 0 radical (unpaired) electrons. The number of nitrogens with zero attached hydrogens (tertiary/aromatic N) is 2. The first-order valence-corrected chi connectivity index (χ1v) is 8.45. The lowest BCUT2D eigenvalue weighted by molar-refractivity contribution is -0.126. The molecule has 4 nitrogen and oxygen atoms in total. The van der Waals surface area contributed by atoms with E-state index in [-0.39, 0.29) is 17.4 Å². The fraction of sp³-hybridized carbons (Fsp3) is 0.471. The molecule has 3 rings (SSSR count). The fourth-order valence-corrected chi connectivity index (χ4v) is 3.88. The van der Waals surface area contributed by atoms with Crippen LogP contribution in [0.1, 0.15) is 37.8 Å².